The van der Waals surface area contributed by atoms with Gasteiger partial charge in [-0.05, 0) is 30.9 Å². The van der Waals surface area contributed by atoms with Gasteiger partial charge in [0.1, 0.15) is 11.3 Å². The number of alkyl halides is 1. The van der Waals surface area contributed by atoms with Gasteiger partial charge in [-0.15, -0.1) is 11.6 Å². The lowest BCUT2D eigenvalue weighted by Crippen LogP contribution is -2.03. The van der Waals surface area contributed by atoms with E-state index in [1.54, 1.807) is 12.1 Å². The SMILES string of the molecule is COC(=O)c1cccc(CCCCCCCl)c1O. The predicted molar refractivity (Wildman–Crippen MR) is 72.3 cm³/mol. The molecule has 4 heteroatoms. The number of esters is 1. The van der Waals surface area contributed by atoms with Crippen LogP contribution in [0.4, 0.5) is 0 Å². The Kier molecular flexibility index (Phi) is 6.58. The number of rotatable bonds is 7. The first-order chi connectivity index (χ1) is 8.70. The minimum Gasteiger partial charge on any atom is -0.507 e. The Morgan fingerprint density at radius 3 is 2.67 bits per heavy atom. The summed E-state index contributed by atoms with van der Waals surface area (Å²) in [5.74, 6) is 0.237. The van der Waals surface area contributed by atoms with Crippen molar-refractivity contribution in [3.63, 3.8) is 0 Å². The molecule has 1 rings (SSSR count). The molecule has 0 aliphatic carbocycles. The molecule has 0 unspecified atom stereocenters. The van der Waals surface area contributed by atoms with Gasteiger partial charge >= 0.3 is 5.97 Å². The first-order valence-corrected chi connectivity index (χ1v) is 6.69. The molecule has 0 amide bonds. The molecule has 0 bridgehead atoms. The maximum Gasteiger partial charge on any atom is 0.341 e. The fraction of sp³-hybridized carbons (Fsp3) is 0.500. The molecule has 1 aromatic carbocycles. The quantitative estimate of drug-likeness (QED) is 0.468. The number of phenolic OH excluding ortho intramolecular Hbond substituents is 1. The Morgan fingerprint density at radius 2 is 2.00 bits per heavy atom. The van der Waals surface area contributed by atoms with Crippen LogP contribution in [0.5, 0.6) is 5.75 Å². The summed E-state index contributed by atoms with van der Waals surface area (Å²) in [4.78, 5) is 11.4. The van der Waals surface area contributed by atoms with E-state index in [1.807, 2.05) is 6.07 Å². The number of aryl methyl sites for hydroxylation is 1. The number of hydrogen-bond acceptors (Lipinski definition) is 3. The molecule has 18 heavy (non-hydrogen) atoms. The molecule has 0 aliphatic rings. The highest BCUT2D eigenvalue weighted by atomic mass is 35.5. The van der Waals surface area contributed by atoms with Crippen LogP contribution in [0.25, 0.3) is 0 Å². The molecule has 3 nitrogen and oxygen atoms in total. The van der Waals surface area contributed by atoms with Gasteiger partial charge in [0.15, 0.2) is 0 Å². The van der Waals surface area contributed by atoms with E-state index in [4.69, 9.17) is 11.6 Å². The molecule has 0 saturated carbocycles. The fourth-order valence-electron chi connectivity index (χ4n) is 1.83. The molecule has 0 aliphatic heterocycles. The summed E-state index contributed by atoms with van der Waals surface area (Å²) >= 11 is 5.60. The van der Waals surface area contributed by atoms with Crippen LogP contribution in [-0.4, -0.2) is 24.1 Å². The topological polar surface area (TPSA) is 46.5 Å². The number of ether oxygens (including phenoxy) is 1. The predicted octanol–water partition coefficient (Wildman–Crippen LogP) is 3.52. The number of aromatic hydroxyl groups is 1. The maximum absolute atomic E-state index is 11.4. The summed E-state index contributed by atoms with van der Waals surface area (Å²) in [6.07, 6.45) is 4.94. The van der Waals surface area contributed by atoms with Crippen molar-refractivity contribution in [3.05, 3.63) is 29.3 Å². The van der Waals surface area contributed by atoms with Crippen LogP contribution >= 0.6 is 11.6 Å². The number of carbonyl (C=O) groups excluding carboxylic acids is 1. The Labute approximate surface area is 113 Å². The number of hydrogen-bond donors (Lipinski definition) is 1. The first kappa shape index (κ1) is 14.8. The molecule has 1 N–H and O–H groups in total. The lowest BCUT2D eigenvalue weighted by Gasteiger charge is -2.08. The molecular formula is C14H19ClO3. The van der Waals surface area contributed by atoms with Crippen molar-refractivity contribution in [2.45, 2.75) is 32.1 Å². The van der Waals surface area contributed by atoms with Gasteiger partial charge in [-0.25, -0.2) is 4.79 Å². The minimum absolute atomic E-state index is 0.0432. The zero-order valence-corrected chi connectivity index (χ0v) is 11.4. The van der Waals surface area contributed by atoms with E-state index in [-0.39, 0.29) is 11.3 Å². The highest BCUT2D eigenvalue weighted by Crippen LogP contribution is 2.24. The van der Waals surface area contributed by atoms with Gasteiger partial charge in [-0.1, -0.05) is 25.0 Å². The molecule has 100 valence electrons. The molecule has 0 atom stereocenters. The second-order valence-corrected chi connectivity index (χ2v) is 4.54. The van der Waals surface area contributed by atoms with Crippen molar-refractivity contribution in [2.24, 2.45) is 0 Å². The van der Waals surface area contributed by atoms with Crippen LogP contribution < -0.4 is 0 Å². The standard InChI is InChI=1S/C14H19ClO3/c1-18-14(17)12-9-6-8-11(13(12)16)7-4-2-3-5-10-15/h6,8-9,16H,2-5,7,10H2,1H3. The Balaban J connectivity index is 2.58. The summed E-state index contributed by atoms with van der Waals surface area (Å²) in [6, 6.07) is 5.17. The zero-order valence-electron chi connectivity index (χ0n) is 10.6. The van der Waals surface area contributed by atoms with Crippen LogP contribution in [0, 0.1) is 0 Å². The number of para-hydroxylation sites is 1. The minimum atomic E-state index is -0.503. The normalized spacial score (nSPS) is 10.3. The third kappa shape index (κ3) is 4.22. The van der Waals surface area contributed by atoms with Crippen LogP contribution in [0.1, 0.15) is 41.6 Å². The summed E-state index contributed by atoms with van der Waals surface area (Å²) in [7, 11) is 1.31. The third-order valence-corrected chi connectivity index (χ3v) is 3.12. The first-order valence-electron chi connectivity index (χ1n) is 6.15. The maximum atomic E-state index is 11.4. The fourth-order valence-corrected chi connectivity index (χ4v) is 2.02. The molecule has 0 heterocycles. The van der Waals surface area contributed by atoms with Gasteiger partial charge in [-0.3, -0.25) is 0 Å². The molecule has 0 spiro atoms. The Morgan fingerprint density at radius 1 is 1.28 bits per heavy atom. The molecule has 0 saturated heterocycles. The Bertz CT molecular complexity index is 391. The van der Waals surface area contributed by atoms with Gasteiger partial charge in [0.2, 0.25) is 0 Å². The van der Waals surface area contributed by atoms with Crippen molar-refractivity contribution < 1.29 is 14.6 Å². The zero-order chi connectivity index (χ0) is 13.4. The van der Waals surface area contributed by atoms with Crippen LogP contribution in [-0.2, 0) is 11.2 Å². The average Bonchev–Trinajstić information content (AvgIpc) is 2.39. The van der Waals surface area contributed by atoms with E-state index in [1.165, 1.54) is 7.11 Å². The number of benzene rings is 1. The highest BCUT2D eigenvalue weighted by Gasteiger charge is 2.13. The van der Waals surface area contributed by atoms with Crippen molar-refractivity contribution in [3.8, 4) is 5.75 Å². The van der Waals surface area contributed by atoms with Crippen molar-refractivity contribution in [1.82, 2.24) is 0 Å². The van der Waals surface area contributed by atoms with E-state index in [2.05, 4.69) is 4.74 Å². The van der Waals surface area contributed by atoms with Crippen molar-refractivity contribution >= 4 is 17.6 Å². The van der Waals surface area contributed by atoms with Crippen molar-refractivity contribution in [2.75, 3.05) is 13.0 Å². The largest absolute Gasteiger partial charge is 0.507 e. The van der Waals surface area contributed by atoms with Crippen LogP contribution in [0.15, 0.2) is 18.2 Å². The summed E-state index contributed by atoms with van der Waals surface area (Å²) in [5.41, 5.74) is 1.03. The van der Waals surface area contributed by atoms with Gasteiger partial charge < -0.3 is 9.84 Å². The summed E-state index contributed by atoms with van der Waals surface area (Å²) in [5, 5.41) is 9.97. The molecule has 0 radical (unpaired) electrons. The van der Waals surface area contributed by atoms with Crippen molar-refractivity contribution in [1.29, 1.82) is 0 Å². The van der Waals surface area contributed by atoms with Crippen LogP contribution in [0.3, 0.4) is 0 Å². The highest BCUT2D eigenvalue weighted by molar-refractivity contribution is 6.17. The number of unbranched alkanes of at least 4 members (excludes halogenated alkanes) is 3. The third-order valence-electron chi connectivity index (χ3n) is 2.85. The number of carbonyl (C=O) groups is 1. The van der Waals surface area contributed by atoms with Gasteiger partial charge in [0.25, 0.3) is 0 Å². The second-order valence-electron chi connectivity index (χ2n) is 4.16. The smallest absolute Gasteiger partial charge is 0.341 e. The Hall–Kier alpha value is -1.22. The van der Waals surface area contributed by atoms with Gasteiger partial charge in [0.05, 0.1) is 7.11 Å². The summed E-state index contributed by atoms with van der Waals surface area (Å²) in [6.45, 7) is 0. The molecule has 1 aromatic rings. The van der Waals surface area contributed by atoms with E-state index in [0.29, 0.717) is 5.88 Å². The van der Waals surface area contributed by atoms with E-state index >= 15 is 0 Å². The number of halogens is 1. The summed E-state index contributed by atoms with van der Waals surface area (Å²) < 4.78 is 4.62. The lowest BCUT2D eigenvalue weighted by atomic mass is 10.0. The average molecular weight is 271 g/mol. The van der Waals surface area contributed by atoms with Crippen LogP contribution in [0.2, 0.25) is 0 Å². The van der Waals surface area contributed by atoms with Gasteiger partial charge in [0, 0.05) is 5.88 Å². The number of phenols is 1. The molecule has 0 fully saturated rings. The van der Waals surface area contributed by atoms with Gasteiger partial charge in [-0.2, -0.15) is 0 Å². The monoisotopic (exact) mass is 270 g/mol. The molecular weight excluding hydrogens is 252 g/mol. The van der Waals surface area contributed by atoms with E-state index < -0.39 is 5.97 Å². The van der Waals surface area contributed by atoms with E-state index in [0.717, 1.165) is 37.7 Å². The lowest BCUT2D eigenvalue weighted by molar-refractivity contribution is 0.0597. The second kappa shape index (κ2) is 7.98. The molecule has 0 aromatic heterocycles. The number of methoxy groups -OCH3 is 1. The van der Waals surface area contributed by atoms with E-state index in [9.17, 15) is 9.90 Å².